The Labute approximate surface area is 117 Å². The third-order valence-corrected chi connectivity index (χ3v) is 3.80. The molecule has 0 aliphatic rings. The van der Waals surface area contributed by atoms with Gasteiger partial charge in [-0.25, -0.2) is 0 Å². The van der Waals surface area contributed by atoms with Crippen LogP contribution in [0.15, 0.2) is 36.4 Å². The van der Waals surface area contributed by atoms with Crippen LogP contribution in [-0.2, 0) is 0 Å². The quantitative estimate of drug-likeness (QED) is 0.646. The van der Waals surface area contributed by atoms with Crippen LogP contribution in [0.4, 0.5) is 0 Å². The number of benzene rings is 2. The minimum atomic E-state index is -0.143. The highest BCUT2D eigenvalue weighted by Crippen LogP contribution is 2.38. The van der Waals surface area contributed by atoms with Gasteiger partial charge in [0.25, 0.3) is 0 Å². The number of phenolic OH excluding ortho intramolecular Hbond substituents is 4. The summed E-state index contributed by atoms with van der Waals surface area (Å²) < 4.78 is 0. The van der Waals surface area contributed by atoms with Gasteiger partial charge in [0.1, 0.15) is 0 Å². The monoisotopic (exact) mass is 274 g/mol. The van der Waals surface area contributed by atoms with Crippen LogP contribution in [0.2, 0.25) is 0 Å². The summed E-state index contributed by atoms with van der Waals surface area (Å²) in [6, 6.07) is 9.52. The number of rotatable bonds is 3. The normalized spacial score (nSPS) is 13.9. The molecule has 2 rings (SSSR count). The Morgan fingerprint density at radius 1 is 0.600 bits per heavy atom. The Hall–Kier alpha value is -2.36. The van der Waals surface area contributed by atoms with E-state index in [2.05, 4.69) is 0 Å². The molecule has 0 unspecified atom stereocenters. The SMILES string of the molecule is C[C@H](c1ccc(O)c(O)c1)[C@H](C)c1ccc(O)c(O)c1. The highest BCUT2D eigenvalue weighted by atomic mass is 16.3. The number of aromatic hydroxyl groups is 4. The van der Waals surface area contributed by atoms with Crippen molar-refractivity contribution in [2.75, 3.05) is 0 Å². The Morgan fingerprint density at radius 3 is 1.25 bits per heavy atom. The first-order chi connectivity index (χ1) is 9.40. The molecule has 0 bridgehead atoms. The Kier molecular flexibility index (Phi) is 3.74. The summed E-state index contributed by atoms with van der Waals surface area (Å²) in [5.74, 6) is -0.423. The molecule has 0 aromatic heterocycles. The van der Waals surface area contributed by atoms with Gasteiger partial charge in [0.05, 0.1) is 0 Å². The van der Waals surface area contributed by atoms with Gasteiger partial charge in [0, 0.05) is 0 Å². The van der Waals surface area contributed by atoms with Crippen molar-refractivity contribution in [3.8, 4) is 23.0 Å². The number of hydrogen-bond acceptors (Lipinski definition) is 4. The van der Waals surface area contributed by atoms with E-state index in [4.69, 9.17) is 0 Å². The fourth-order valence-corrected chi connectivity index (χ4v) is 2.22. The topological polar surface area (TPSA) is 80.9 Å². The van der Waals surface area contributed by atoms with Crippen LogP contribution in [0.25, 0.3) is 0 Å². The van der Waals surface area contributed by atoms with Crippen LogP contribution in [0.3, 0.4) is 0 Å². The predicted octanol–water partition coefficient (Wildman–Crippen LogP) is 3.42. The van der Waals surface area contributed by atoms with Crippen molar-refractivity contribution in [2.45, 2.75) is 25.7 Å². The molecule has 106 valence electrons. The fraction of sp³-hybridized carbons (Fsp3) is 0.250. The highest BCUT2D eigenvalue weighted by molar-refractivity contribution is 5.44. The second-order valence-corrected chi connectivity index (χ2v) is 5.07. The van der Waals surface area contributed by atoms with E-state index in [1.165, 1.54) is 24.3 Å². The first kappa shape index (κ1) is 14.1. The summed E-state index contributed by atoms with van der Waals surface area (Å²) in [7, 11) is 0. The summed E-state index contributed by atoms with van der Waals surface area (Å²) in [6.45, 7) is 4.00. The van der Waals surface area contributed by atoms with E-state index in [-0.39, 0.29) is 34.8 Å². The second-order valence-electron chi connectivity index (χ2n) is 5.07. The van der Waals surface area contributed by atoms with Gasteiger partial charge < -0.3 is 20.4 Å². The lowest BCUT2D eigenvalue weighted by Gasteiger charge is -2.21. The van der Waals surface area contributed by atoms with E-state index >= 15 is 0 Å². The molecule has 0 aliphatic heterocycles. The maximum absolute atomic E-state index is 9.56. The molecule has 0 aliphatic carbocycles. The molecule has 4 nitrogen and oxygen atoms in total. The van der Waals surface area contributed by atoms with Crippen LogP contribution in [0, 0.1) is 0 Å². The summed E-state index contributed by atoms with van der Waals surface area (Å²) in [6.07, 6.45) is 0. The maximum Gasteiger partial charge on any atom is 0.157 e. The Balaban J connectivity index is 2.29. The van der Waals surface area contributed by atoms with Crippen LogP contribution in [0.5, 0.6) is 23.0 Å². The maximum atomic E-state index is 9.56. The molecular weight excluding hydrogens is 256 g/mol. The zero-order chi connectivity index (χ0) is 14.9. The van der Waals surface area contributed by atoms with Crippen molar-refractivity contribution in [3.63, 3.8) is 0 Å². The molecule has 0 radical (unpaired) electrons. The molecule has 4 N–H and O–H groups in total. The molecular formula is C16H18O4. The summed E-state index contributed by atoms with van der Waals surface area (Å²) in [5.41, 5.74) is 1.78. The lowest BCUT2D eigenvalue weighted by atomic mass is 9.84. The minimum absolute atomic E-state index is 0.0745. The number of phenols is 4. The fourth-order valence-electron chi connectivity index (χ4n) is 2.22. The first-order valence-electron chi connectivity index (χ1n) is 6.44. The third kappa shape index (κ3) is 2.64. The molecule has 2 aromatic rings. The summed E-state index contributed by atoms with van der Waals surface area (Å²) in [5, 5.41) is 37.8. The molecule has 0 fully saturated rings. The largest absolute Gasteiger partial charge is 0.504 e. The molecule has 0 saturated carbocycles. The molecule has 0 spiro atoms. The van der Waals surface area contributed by atoms with Crippen molar-refractivity contribution >= 4 is 0 Å². The molecule has 4 heteroatoms. The van der Waals surface area contributed by atoms with Crippen molar-refractivity contribution in [2.24, 2.45) is 0 Å². The van der Waals surface area contributed by atoms with Crippen molar-refractivity contribution in [1.82, 2.24) is 0 Å². The Morgan fingerprint density at radius 2 is 0.950 bits per heavy atom. The predicted molar refractivity (Wildman–Crippen MR) is 76.4 cm³/mol. The average Bonchev–Trinajstić information content (AvgIpc) is 2.43. The molecule has 2 aromatic carbocycles. The molecule has 0 saturated heterocycles. The van der Waals surface area contributed by atoms with Gasteiger partial charge in [0.15, 0.2) is 23.0 Å². The standard InChI is InChI=1S/C16H18O4/c1-9(11-3-5-13(17)15(19)7-11)10(2)12-4-6-14(18)16(20)8-12/h3-10,17-20H,1-2H3/t9-,10-/m0/s1. The van der Waals surface area contributed by atoms with Gasteiger partial charge in [-0.3, -0.25) is 0 Å². The molecule has 0 amide bonds. The average molecular weight is 274 g/mol. The van der Waals surface area contributed by atoms with Crippen LogP contribution in [-0.4, -0.2) is 20.4 Å². The van der Waals surface area contributed by atoms with Crippen molar-refractivity contribution in [3.05, 3.63) is 47.5 Å². The second kappa shape index (κ2) is 5.33. The minimum Gasteiger partial charge on any atom is -0.504 e. The molecule has 20 heavy (non-hydrogen) atoms. The van der Waals surface area contributed by atoms with E-state index in [1.807, 2.05) is 13.8 Å². The number of hydrogen-bond donors (Lipinski definition) is 4. The zero-order valence-electron chi connectivity index (χ0n) is 11.4. The summed E-state index contributed by atoms with van der Waals surface area (Å²) >= 11 is 0. The van der Waals surface area contributed by atoms with E-state index < -0.39 is 0 Å². The lowest BCUT2D eigenvalue weighted by Crippen LogP contribution is -2.04. The van der Waals surface area contributed by atoms with E-state index in [1.54, 1.807) is 12.1 Å². The van der Waals surface area contributed by atoms with Gasteiger partial charge in [-0.05, 0) is 47.2 Å². The van der Waals surface area contributed by atoms with Gasteiger partial charge in [-0.15, -0.1) is 0 Å². The Bertz CT molecular complexity index is 566. The van der Waals surface area contributed by atoms with Crippen molar-refractivity contribution in [1.29, 1.82) is 0 Å². The first-order valence-corrected chi connectivity index (χ1v) is 6.44. The van der Waals surface area contributed by atoms with Gasteiger partial charge in [0.2, 0.25) is 0 Å². The highest BCUT2D eigenvalue weighted by Gasteiger charge is 2.18. The summed E-state index contributed by atoms with van der Waals surface area (Å²) in [4.78, 5) is 0. The van der Waals surface area contributed by atoms with E-state index in [0.717, 1.165) is 11.1 Å². The van der Waals surface area contributed by atoms with Crippen LogP contribution < -0.4 is 0 Å². The van der Waals surface area contributed by atoms with Gasteiger partial charge >= 0.3 is 0 Å². The van der Waals surface area contributed by atoms with E-state index in [0.29, 0.717) is 0 Å². The van der Waals surface area contributed by atoms with E-state index in [9.17, 15) is 20.4 Å². The van der Waals surface area contributed by atoms with Gasteiger partial charge in [-0.2, -0.15) is 0 Å². The molecule has 0 heterocycles. The lowest BCUT2D eigenvalue weighted by molar-refractivity contribution is 0.401. The zero-order valence-corrected chi connectivity index (χ0v) is 11.4. The third-order valence-electron chi connectivity index (χ3n) is 3.80. The van der Waals surface area contributed by atoms with Gasteiger partial charge in [-0.1, -0.05) is 26.0 Å². The van der Waals surface area contributed by atoms with Crippen molar-refractivity contribution < 1.29 is 20.4 Å². The molecule has 2 atom stereocenters. The van der Waals surface area contributed by atoms with Crippen LogP contribution >= 0.6 is 0 Å². The smallest absolute Gasteiger partial charge is 0.157 e. The van der Waals surface area contributed by atoms with Crippen LogP contribution in [0.1, 0.15) is 36.8 Å².